The molecule has 0 N–H and O–H groups in total. The van der Waals surface area contributed by atoms with E-state index in [1.807, 2.05) is 25.3 Å². The average molecular weight is 252 g/mol. The fourth-order valence-electron chi connectivity index (χ4n) is 1.31. The van der Waals surface area contributed by atoms with Gasteiger partial charge in [-0.2, -0.15) is 0 Å². The molecule has 0 saturated carbocycles. The molecule has 0 atom stereocenters. The molecule has 0 radical (unpaired) electrons. The number of aromatic nitrogens is 1. The molecule has 0 bridgehead atoms. The van der Waals surface area contributed by atoms with Crippen LogP contribution in [0.5, 0.6) is 0 Å². The summed E-state index contributed by atoms with van der Waals surface area (Å²) in [5.41, 5.74) is 1.17. The lowest BCUT2D eigenvalue weighted by atomic mass is 10.3. The van der Waals surface area contributed by atoms with E-state index in [2.05, 4.69) is 4.98 Å². The maximum absolute atomic E-state index is 12.1. The molecule has 0 saturated heterocycles. The number of nitrogens with zero attached hydrogens (tertiary/aromatic N) is 2. The van der Waals surface area contributed by atoms with Gasteiger partial charge in [0.25, 0.3) is 5.91 Å². The summed E-state index contributed by atoms with van der Waals surface area (Å²) in [4.78, 5) is 19.8. The summed E-state index contributed by atoms with van der Waals surface area (Å²) >= 11 is 3.00. The number of amides is 1. The van der Waals surface area contributed by atoms with Crippen molar-refractivity contribution in [1.82, 2.24) is 4.98 Å². The van der Waals surface area contributed by atoms with Crippen LogP contribution in [0, 0.1) is 13.8 Å². The van der Waals surface area contributed by atoms with Gasteiger partial charge in [0, 0.05) is 23.5 Å². The molecule has 0 aliphatic heterocycles. The zero-order valence-electron chi connectivity index (χ0n) is 9.35. The Kier molecular flexibility index (Phi) is 3.07. The van der Waals surface area contributed by atoms with Crippen molar-refractivity contribution in [2.24, 2.45) is 0 Å². The summed E-state index contributed by atoms with van der Waals surface area (Å²) in [6.07, 6.45) is 1.70. The summed E-state index contributed by atoms with van der Waals surface area (Å²) in [7, 11) is 1.76. The minimum absolute atomic E-state index is 0.0103. The van der Waals surface area contributed by atoms with E-state index in [9.17, 15) is 4.79 Å². The van der Waals surface area contributed by atoms with E-state index >= 15 is 0 Å². The molecule has 3 nitrogen and oxygen atoms in total. The third-order valence-corrected chi connectivity index (χ3v) is 4.38. The number of thiazole rings is 1. The highest BCUT2D eigenvalue weighted by atomic mass is 32.1. The largest absolute Gasteiger partial charge is 0.286 e. The van der Waals surface area contributed by atoms with Crippen molar-refractivity contribution in [3.63, 3.8) is 0 Å². The molecular weight excluding hydrogens is 240 g/mol. The van der Waals surface area contributed by atoms with Crippen molar-refractivity contribution in [2.75, 3.05) is 11.9 Å². The first-order valence-electron chi connectivity index (χ1n) is 4.84. The van der Waals surface area contributed by atoms with Crippen molar-refractivity contribution in [1.29, 1.82) is 0 Å². The predicted octanol–water partition coefficient (Wildman–Crippen LogP) is 3.10. The summed E-state index contributed by atoms with van der Waals surface area (Å²) in [5.74, 6) is 0.0103. The van der Waals surface area contributed by atoms with Crippen LogP contribution in [0.15, 0.2) is 17.6 Å². The molecule has 2 rings (SSSR count). The van der Waals surface area contributed by atoms with E-state index in [0.717, 1.165) is 10.0 Å². The molecule has 1 amide bonds. The molecule has 2 aromatic rings. The maximum Gasteiger partial charge on any atom is 0.269 e. The zero-order valence-corrected chi connectivity index (χ0v) is 11.0. The van der Waals surface area contributed by atoms with Crippen molar-refractivity contribution in [3.8, 4) is 0 Å². The summed E-state index contributed by atoms with van der Waals surface area (Å²) in [6.45, 7) is 4.05. The van der Waals surface area contributed by atoms with Gasteiger partial charge in [-0.25, -0.2) is 4.98 Å². The molecule has 0 fully saturated rings. The standard InChI is InChI=1S/C11H12N2OS2/c1-7-6-9(16-8(7)2)10(14)13(3)11-12-4-5-15-11/h4-6H,1-3H3. The second-order valence-electron chi connectivity index (χ2n) is 3.53. The number of hydrogen-bond donors (Lipinski definition) is 0. The van der Waals surface area contributed by atoms with Crippen LogP contribution < -0.4 is 4.90 Å². The highest BCUT2D eigenvalue weighted by Crippen LogP contribution is 2.24. The van der Waals surface area contributed by atoms with Crippen LogP contribution in [0.3, 0.4) is 0 Å². The zero-order chi connectivity index (χ0) is 11.7. The Morgan fingerprint density at radius 3 is 2.69 bits per heavy atom. The van der Waals surface area contributed by atoms with E-state index in [-0.39, 0.29) is 5.91 Å². The van der Waals surface area contributed by atoms with E-state index in [1.165, 1.54) is 33.1 Å². The number of carbonyl (C=O) groups is 1. The van der Waals surface area contributed by atoms with Gasteiger partial charge in [0.2, 0.25) is 0 Å². The minimum Gasteiger partial charge on any atom is -0.286 e. The lowest BCUT2D eigenvalue weighted by molar-refractivity contribution is 0.0997. The normalized spacial score (nSPS) is 10.4. The maximum atomic E-state index is 12.1. The minimum atomic E-state index is 0.0103. The first-order valence-corrected chi connectivity index (χ1v) is 6.54. The SMILES string of the molecule is Cc1cc(C(=O)N(C)c2nccs2)sc1C. The number of rotatable bonds is 2. The Morgan fingerprint density at radius 1 is 1.44 bits per heavy atom. The molecular formula is C11H12N2OS2. The van der Waals surface area contributed by atoms with Crippen molar-refractivity contribution in [3.05, 3.63) is 33.0 Å². The molecule has 16 heavy (non-hydrogen) atoms. The molecule has 0 aliphatic carbocycles. The van der Waals surface area contributed by atoms with Crippen molar-refractivity contribution in [2.45, 2.75) is 13.8 Å². The van der Waals surface area contributed by atoms with Crippen LogP contribution >= 0.6 is 22.7 Å². The molecule has 0 spiro atoms. The highest BCUT2D eigenvalue weighted by Gasteiger charge is 2.17. The fraction of sp³-hybridized carbons (Fsp3) is 0.273. The number of carbonyl (C=O) groups excluding carboxylic acids is 1. The lowest BCUT2D eigenvalue weighted by Gasteiger charge is -2.11. The van der Waals surface area contributed by atoms with Gasteiger partial charge in [-0.3, -0.25) is 9.69 Å². The molecule has 5 heteroatoms. The van der Waals surface area contributed by atoms with Gasteiger partial charge in [-0.05, 0) is 25.5 Å². The quantitative estimate of drug-likeness (QED) is 0.823. The topological polar surface area (TPSA) is 33.2 Å². The van der Waals surface area contributed by atoms with Gasteiger partial charge in [0.05, 0.1) is 4.88 Å². The number of aryl methyl sites for hydroxylation is 2. The Bertz CT molecular complexity index is 483. The van der Waals surface area contributed by atoms with E-state index in [1.54, 1.807) is 18.1 Å². The highest BCUT2D eigenvalue weighted by molar-refractivity contribution is 7.15. The molecule has 84 valence electrons. The van der Waals surface area contributed by atoms with Gasteiger partial charge in [-0.15, -0.1) is 22.7 Å². The van der Waals surface area contributed by atoms with Crippen LogP contribution in [0.4, 0.5) is 5.13 Å². The number of thiophene rings is 1. The molecule has 0 aliphatic rings. The Labute approximate surface area is 102 Å². The number of hydrogen-bond acceptors (Lipinski definition) is 4. The first kappa shape index (κ1) is 11.3. The molecule has 2 heterocycles. The second kappa shape index (κ2) is 4.35. The van der Waals surface area contributed by atoms with E-state index in [4.69, 9.17) is 0 Å². The second-order valence-corrected chi connectivity index (χ2v) is 5.66. The van der Waals surface area contributed by atoms with Crippen LogP contribution in [0.2, 0.25) is 0 Å². The van der Waals surface area contributed by atoms with Gasteiger partial charge in [0.1, 0.15) is 0 Å². The van der Waals surface area contributed by atoms with Crippen LogP contribution in [-0.4, -0.2) is 17.9 Å². The smallest absolute Gasteiger partial charge is 0.269 e. The Morgan fingerprint density at radius 2 is 2.19 bits per heavy atom. The van der Waals surface area contributed by atoms with Gasteiger partial charge in [-0.1, -0.05) is 0 Å². The number of anilines is 1. The van der Waals surface area contributed by atoms with Gasteiger partial charge < -0.3 is 0 Å². The molecule has 0 unspecified atom stereocenters. The summed E-state index contributed by atoms with van der Waals surface area (Å²) in [5, 5.41) is 2.60. The molecule has 0 aromatic carbocycles. The van der Waals surface area contributed by atoms with Crippen molar-refractivity contribution < 1.29 is 4.79 Å². The predicted molar refractivity (Wildman–Crippen MR) is 68.6 cm³/mol. The third kappa shape index (κ3) is 2.01. The first-order chi connectivity index (χ1) is 7.59. The van der Waals surface area contributed by atoms with Crippen molar-refractivity contribution >= 4 is 33.7 Å². The Hall–Kier alpha value is -1.20. The third-order valence-electron chi connectivity index (χ3n) is 2.39. The monoisotopic (exact) mass is 252 g/mol. The average Bonchev–Trinajstić information content (AvgIpc) is 2.87. The van der Waals surface area contributed by atoms with Gasteiger partial charge >= 0.3 is 0 Å². The van der Waals surface area contributed by atoms with E-state index in [0.29, 0.717) is 0 Å². The summed E-state index contributed by atoms with van der Waals surface area (Å²) in [6, 6.07) is 1.94. The lowest BCUT2D eigenvalue weighted by Crippen LogP contribution is -2.25. The van der Waals surface area contributed by atoms with Crippen LogP contribution in [0.25, 0.3) is 0 Å². The van der Waals surface area contributed by atoms with E-state index < -0.39 is 0 Å². The molecule has 2 aromatic heterocycles. The Balaban J connectivity index is 2.26. The van der Waals surface area contributed by atoms with Crippen LogP contribution in [0.1, 0.15) is 20.1 Å². The fourth-order valence-corrected chi connectivity index (χ4v) is 2.93. The van der Waals surface area contributed by atoms with Crippen LogP contribution in [-0.2, 0) is 0 Å². The summed E-state index contributed by atoms with van der Waals surface area (Å²) < 4.78 is 0. The van der Waals surface area contributed by atoms with Gasteiger partial charge in [0.15, 0.2) is 5.13 Å².